The third-order valence-electron chi connectivity index (χ3n) is 2.73. The quantitative estimate of drug-likeness (QED) is 0.891. The van der Waals surface area contributed by atoms with Crippen LogP contribution in [-0.4, -0.2) is 22.2 Å². The largest absolute Gasteiger partial charge is 0.442 e. The van der Waals surface area contributed by atoms with Crippen LogP contribution in [0.2, 0.25) is 0 Å². The summed E-state index contributed by atoms with van der Waals surface area (Å²) in [6.07, 6.45) is 0. The molecule has 0 aliphatic rings. The Labute approximate surface area is 116 Å². The van der Waals surface area contributed by atoms with Gasteiger partial charge in [0.2, 0.25) is 5.91 Å². The minimum atomic E-state index is -0.636. The van der Waals surface area contributed by atoms with Gasteiger partial charge in [-0.25, -0.2) is 9.36 Å². The van der Waals surface area contributed by atoms with Gasteiger partial charge in [0.25, 0.3) is 0 Å². The van der Waals surface area contributed by atoms with Crippen molar-refractivity contribution >= 4 is 5.91 Å². The molecule has 106 valence electrons. The van der Waals surface area contributed by atoms with E-state index >= 15 is 0 Å². The number of amides is 1. The maximum absolute atomic E-state index is 11.8. The first kappa shape index (κ1) is 14.0. The van der Waals surface area contributed by atoms with Gasteiger partial charge in [0, 0.05) is 12.1 Å². The summed E-state index contributed by atoms with van der Waals surface area (Å²) in [5.74, 6) is -0.160. The Morgan fingerprint density at radius 3 is 2.70 bits per heavy atom. The zero-order chi connectivity index (χ0) is 14.5. The van der Waals surface area contributed by atoms with Gasteiger partial charge in [0.1, 0.15) is 6.54 Å². The first-order chi connectivity index (χ1) is 9.58. The molecule has 6 heteroatoms. The number of rotatable bonds is 5. The second-order valence-electron chi connectivity index (χ2n) is 4.92. The molecule has 20 heavy (non-hydrogen) atoms. The molecule has 0 fully saturated rings. The molecule has 0 bridgehead atoms. The van der Waals surface area contributed by atoms with E-state index in [2.05, 4.69) is 15.0 Å². The summed E-state index contributed by atoms with van der Waals surface area (Å²) < 4.78 is 5.88. The maximum atomic E-state index is 11.8. The van der Waals surface area contributed by atoms with E-state index in [4.69, 9.17) is 0 Å². The van der Waals surface area contributed by atoms with Crippen LogP contribution in [0.25, 0.3) is 11.4 Å². The summed E-state index contributed by atoms with van der Waals surface area (Å²) in [6, 6.07) is 9.14. The van der Waals surface area contributed by atoms with Crippen LogP contribution in [0.3, 0.4) is 0 Å². The molecular formula is C14H17N3O3. The van der Waals surface area contributed by atoms with Crippen LogP contribution in [0.15, 0.2) is 39.6 Å². The number of nitrogens with one attached hydrogen (secondary N) is 1. The molecule has 6 nitrogen and oxygen atoms in total. The number of benzene rings is 1. The zero-order valence-electron chi connectivity index (χ0n) is 11.5. The normalized spacial score (nSPS) is 10.8. The van der Waals surface area contributed by atoms with Crippen molar-refractivity contribution in [3.8, 4) is 11.4 Å². The maximum Gasteiger partial charge on any atom is 0.442 e. The number of hydrogen-bond donors (Lipinski definition) is 1. The highest BCUT2D eigenvalue weighted by Crippen LogP contribution is 2.14. The Morgan fingerprint density at radius 2 is 2.05 bits per heavy atom. The lowest BCUT2D eigenvalue weighted by molar-refractivity contribution is -0.121. The average molecular weight is 275 g/mol. The smallest absolute Gasteiger partial charge is 0.354 e. The van der Waals surface area contributed by atoms with Crippen LogP contribution in [0.1, 0.15) is 13.8 Å². The average Bonchev–Trinajstić information content (AvgIpc) is 2.79. The minimum Gasteiger partial charge on any atom is -0.354 e. The molecule has 1 aromatic carbocycles. The third kappa shape index (κ3) is 3.34. The van der Waals surface area contributed by atoms with Crippen LogP contribution in [-0.2, 0) is 11.3 Å². The van der Waals surface area contributed by atoms with Gasteiger partial charge in [0.15, 0.2) is 5.82 Å². The fourth-order valence-corrected chi connectivity index (χ4v) is 1.72. The van der Waals surface area contributed by atoms with E-state index < -0.39 is 5.76 Å². The van der Waals surface area contributed by atoms with Gasteiger partial charge in [-0.1, -0.05) is 49.3 Å². The summed E-state index contributed by atoms with van der Waals surface area (Å²) in [4.78, 5) is 23.5. The van der Waals surface area contributed by atoms with Crippen molar-refractivity contribution in [1.82, 2.24) is 15.0 Å². The van der Waals surface area contributed by atoms with Crippen molar-refractivity contribution in [2.75, 3.05) is 6.54 Å². The standard InChI is InChI=1S/C14H17N3O3/c1-10(2)8-15-12(18)9-17-13(16-20-14(17)19)11-6-4-3-5-7-11/h3-7,10H,8-9H2,1-2H3,(H,15,18). The molecule has 0 atom stereocenters. The SMILES string of the molecule is CC(C)CNC(=O)Cn1c(-c2ccccc2)noc1=O. The molecule has 0 unspecified atom stereocenters. The van der Waals surface area contributed by atoms with Crippen LogP contribution in [0.4, 0.5) is 0 Å². The van der Waals surface area contributed by atoms with E-state index in [0.29, 0.717) is 18.3 Å². The van der Waals surface area contributed by atoms with Gasteiger partial charge in [-0.3, -0.25) is 9.32 Å². The Morgan fingerprint density at radius 1 is 1.35 bits per heavy atom. The highest BCUT2D eigenvalue weighted by molar-refractivity contribution is 5.76. The van der Waals surface area contributed by atoms with Gasteiger partial charge < -0.3 is 5.32 Å². The predicted octanol–water partition coefficient (Wildman–Crippen LogP) is 1.28. The predicted molar refractivity (Wildman–Crippen MR) is 74.0 cm³/mol. The number of carbonyl (C=O) groups is 1. The first-order valence-electron chi connectivity index (χ1n) is 6.46. The summed E-state index contributed by atoms with van der Waals surface area (Å²) in [6.45, 7) is 4.47. The van der Waals surface area contributed by atoms with Crippen molar-refractivity contribution in [2.24, 2.45) is 5.92 Å². The molecule has 1 amide bonds. The molecule has 0 saturated carbocycles. The van der Waals surface area contributed by atoms with Crippen molar-refractivity contribution in [3.05, 3.63) is 40.9 Å². The van der Waals surface area contributed by atoms with Gasteiger partial charge in [0.05, 0.1) is 0 Å². The van der Waals surface area contributed by atoms with Gasteiger partial charge in [-0.2, -0.15) is 0 Å². The Kier molecular flexibility index (Phi) is 4.34. The number of hydrogen-bond acceptors (Lipinski definition) is 4. The van der Waals surface area contributed by atoms with E-state index in [-0.39, 0.29) is 12.5 Å². The molecule has 1 aromatic heterocycles. The topological polar surface area (TPSA) is 77.1 Å². The zero-order valence-corrected chi connectivity index (χ0v) is 11.5. The van der Waals surface area contributed by atoms with Crippen LogP contribution >= 0.6 is 0 Å². The molecule has 0 aliphatic heterocycles. The lowest BCUT2D eigenvalue weighted by Gasteiger charge is -2.08. The van der Waals surface area contributed by atoms with E-state index in [0.717, 1.165) is 5.56 Å². The number of nitrogens with zero attached hydrogens (tertiary/aromatic N) is 2. The lowest BCUT2D eigenvalue weighted by Crippen LogP contribution is -2.33. The van der Waals surface area contributed by atoms with Crippen LogP contribution < -0.4 is 11.1 Å². The summed E-state index contributed by atoms with van der Waals surface area (Å²) >= 11 is 0. The molecule has 0 saturated heterocycles. The van der Waals surface area contributed by atoms with Crippen LogP contribution in [0.5, 0.6) is 0 Å². The second kappa shape index (κ2) is 6.18. The second-order valence-corrected chi connectivity index (χ2v) is 4.92. The monoisotopic (exact) mass is 275 g/mol. The fraction of sp³-hybridized carbons (Fsp3) is 0.357. The molecule has 2 aromatic rings. The number of carbonyl (C=O) groups excluding carboxylic acids is 1. The fourth-order valence-electron chi connectivity index (χ4n) is 1.72. The molecule has 2 rings (SSSR count). The molecule has 1 heterocycles. The number of aromatic nitrogens is 2. The van der Waals surface area contributed by atoms with Gasteiger partial charge in [-0.05, 0) is 5.92 Å². The summed E-state index contributed by atoms with van der Waals surface area (Å²) in [5, 5.41) is 6.49. The van der Waals surface area contributed by atoms with Crippen molar-refractivity contribution in [2.45, 2.75) is 20.4 Å². The molecular weight excluding hydrogens is 258 g/mol. The summed E-state index contributed by atoms with van der Waals surface area (Å²) in [5.41, 5.74) is 0.731. The Balaban J connectivity index is 2.18. The van der Waals surface area contributed by atoms with Crippen LogP contribution in [0, 0.1) is 5.92 Å². The van der Waals surface area contributed by atoms with E-state index in [9.17, 15) is 9.59 Å². The lowest BCUT2D eigenvalue weighted by atomic mass is 10.2. The molecule has 0 aliphatic carbocycles. The Bertz CT molecular complexity index is 629. The third-order valence-corrected chi connectivity index (χ3v) is 2.73. The van der Waals surface area contributed by atoms with E-state index in [1.807, 2.05) is 32.0 Å². The Hall–Kier alpha value is -2.37. The summed E-state index contributed by atoms with van der Waals surface area (Å²) in [7, 11) is 0. The highest BCUT2D eigenvalue weighted by atomic mass is 16.5. The minimum absolute atomic E-state index is 0.0979. The van der Waals surface area contributed by atoms with E-state index in [1.165, 1.54) is 4.57 Å². The molecule has 0 spiro atoms. The van der Waals surface area contributed by atoms with Crippen molar-refractivity contribution in [1.29, 1.82) is 0 Å². The van der Waals surface area contributed by atoms with Gasteiger partial charge >= 0.3 is 5.76 Å². The van der Waals surface area contributed by atoms with E-state index in [1.54, 1.807) is 12.1 Å². The molecule has 1 N–H and O–H groups in total. The van der Waals surface area contributed by atoms with Crippen molar-refractivity contribution in [3.63, 3.8) is 0 Å². The highest BCUT2D eigenvalue weighted by Gasteiger charge is 2.15. The van der Waals surface area contributed by atoms with Gasteiger partial charge in [-0.15, -0.1) is 0 Å². The molecule has 0 radical (unpaired) electrons. The van der Waals surface area contributed by atoms with Crippen molar-refractivity contribution < 1.29 is 9.32 Å². The first-order valence-corrected chi connectivity index (χ1v) is 6.46.